The number of halogens is 1. The molecule has 1 atom stereocenters. The average Bonchev–Trinajstić information content (AvgIpc) is 2.91. The third-order valence-corrected chi connectivity index (χ3v) is 5.03. The maximum atomic E-state index is 12.0. The third kappa shape index (κ3) is 3.01. The molecule has 1 aliphatic heterocycles. The van der Waals surface area contributed by atoms with Crippen LogP contribution >= 0.6 is 23.4 Å². The molecule has 108 valence electrons. The quantitative estimate of drug-likeness (QED) is 0.687. The highest BCUT2D eigenvalue weighted by atomic mass is 35.5. The van der Waals surface area contributed by atoms with Crippen molar-refractivity contribution >= 4 is 35.0 Å². The van der Waals surface area contributed by atoms with Crippen molar-refractivity contribution in [2.45, 2.75) is 10.8 Å². The molecular weight excluding hydrogens is 306 g/mol. The van der Waals surface area contributed by atoms with E-state index in [-0.39, 0.29) is 11.9 Å². The maximum absolute atomic E-state index is 12.0. The highest BCUT2D eigenvalue weighted by Crippen LogP contribution is 2.39. The van der Waals surface area contributed by atoms with Gasteiger partial charge in [-0.05, 0) is 29.8 Å². The lowest BCUT2D eigenvalue weighted by Gasteiger charge is -2.12. The highest BCUT2D eigenvalue weighted by molar-refractivity contribution is 7.99. The van der Waals surface area contributed by atoms with Crippen LogP contribution < -0.4 is 5.73 Å². The molecule has 0 fully saturated rings. The van der Waals surface area contributed by atoms with Gasteiger partial charge in [0.1, 0.15) is 0 Å². The Morgan fingerprint density at radius 3 is 2.95 bits per heavy atom. The van der Waals surface area contributed by atoms with Gasteiger partial charge in [-0.2, -0.15) is 0 Å². The molecule has 0 saturated carbocycles. The molecule has 5 heteroatoms. The summed E-state index contributed by atoms with van der Waals surface area (Å²) in [7, 11) is 0. The van der Waals surface area contributed by atoms with Crippen molar-refractivity contribution in [3.63, 3.8) is 0 Å². The van der Waals surface area contributed by atoms with Crippen LogP contribution in [0.2, 0.25) is 5.02 Å². The van der Waals surface area contributed by atoms with Gasteiger partial charge in [0.2, 0.25) is 0 Å². The first-order valence-corrected chi connectivity index (χ1v) is 7.95. The Morgan fingerprint density at radius 2 is 2.14 bits per heavy atom. The molecule has 0 spiro atoms. The molecule has 0 amide bonds. The first-order chi connectivity index (χ1) is 10.1. The number of anilines is 1. The van der Waals surface area contributed by atoms with Gasteiger partial charge in [-0.25, -0.2) is 4.79 Å². The van der Waals surface area contributed by atoms with Crippen LogP contribution in [0.4, 0.5) is 5.69 Å². The second kappa shape index (κ2) is 6.00. The van der Waals surface area contributed by atoms with Gasteiger partial charge in [-0.3, -0.25) is 0 Å². The molecule has 1 aliphatic rings. The summed E-state index contributed by atoms with van der Waals surface area (Å²) >= 11 is 7.71. The summed E-state index contributed by atoms with van der Waals surface area (Å²) in [6, 6.07) is 13.0. The van der Waals surface area contributed by atoms with E-state index >= 15 is 0 Å². The lowest BCUT2D eigenvalue weighted by Crippen LogP contribution is -2.13. The number of thioether (sulfide) groups is 1. The van der Waals surface area contributed by atoms with Gasteiger partial charge in [0.25, 0.3) is 0 Å². The fraction of sp³-hybridized carbons (Fsp3) is 0.188. The minimum absolute atomic E-state index is 0.249. The summed E-state index contributed by atoms with van der Waals surface area (Å²) < 4.78 is 5.41. The molecule has 1 heterocycles. The van der Waals surface area contributed by atoms with E-state index in [1.54, 1.807) is 23.9 Å². The molecule has 2 N–H and O–H groups in total. The van der Waals surface area contributed by atoms with Crippen molar-refractivity contribution in [2.24, 2.45) is 0 Å². The number of esters is 1. The van der Waals surface area contributed by atoms with Crippen LogP contribution in [0.15, 0.2) is 47.4 Å². The zero-order valence-electron chi connectivity index (χ0n) is 11.2. The fourth-order valence-electron chi connectivity index (χ4n) is 2.28. The standard InChI is InChI=1S/C16H14ClNO2S/c17-13-7-10(5-6-14(13)18)16(19)20-8-11-9-21-15-4-2-1-3-12(11)15/h1-7,11H,8-9,18H2. The van der Waals surface area contributed by atoms with Gasteiger partial charge in [-0.15, -0.1) is 11.8 Å². The molecule has 0 aliphatic carbocycles. The van der Waals surface area contributed by atoms with Crippen molar-refractivity contribution in [1.29, 1.82) is 0 Å². The predicted octanol–water partition coefficient (Wildman–Crippen LogP) is 3.97. The van der Waals surface area contributed by atoms with Crippen molar-refractivity contribution in [2.75, 3.05) is 18.1 Å². The number of hydrogen-bond donors (Lipinski definition) is 1. The fourth-order valence-corrected chi connectivity index (χ4v) is 3.69. The zero-order valence-corrected chi connectivity index (χ0v) is 12.8. The topological polar surface area (TPSA) is 52.3 Å². The molecule has 0 radical (unpaired) electrons. The number of nitrogens with two attached hydrogens (primary N) is 1. The first kappa shape index (κ1) is 14.3. The van der Waals surface area contributed by atoms with Crippen LogP contribution in [0.5, 0.6) is 0 Å². The SMILES string of the molecule is Nc1ccc(C(=O)OCC2CSc3ccccc32)cc1Cl. The Kier molecular flexibility index (Phi) is 4.08. The molecule has 1 unspecified atom stereocenters. The summed E-state index contributed by atoms with van der Waals surface area (Å²) in [6.45, 7) is 0.380. The van der Waals surface area contributed by atoms with Crippen LogP contribution in [0.25, 0.3) is 0 Å². The summed E-state index contributed by atoms with van der Waals surface area (Å²) in [5.41, 5.74) is 7.76. The minimum atomic E-state index is -0.369. The van der Waals surface area contributed by atoms with Gasteiger partial charge in [-0.1, -0.05) is 29.8 Å². The maximum Gasteiger partial charge on any atom is 0.338 e. The number of fused-ring (bicyclic) bond motifs is 1. The predicted molar refractivity (Wildman–Crippen MR) is 86.1 cm³/mol. The van der Waals surface area contributed by atoms with E-state index < -0.39 is 0 Å². The first-order valence-electron chi connectivity index (χ1n) is 6.59. The number of benzene rings is 2. The highest BCUT2D eigenvalue weighted by Gasteiger charge is 2.24. The lowest BCUT2D eigenvalue weighted by molar-refractivity contribution is 0.0487. The Balaban J connectivity index is 1.66. The van der Waals surface area contributed by atoms with Crippen LogP contribution in [-0.2, 0) is 4.74 Å². The number of carbonyl (C=O) groups excluding carboxylic acids is 1. The van der Waals surface area contributed by atoms with Gasteiger partial charge in [0, 0.05) is 16.6 Å². The molecule has 2 aromatic rings. The normalized spacial score (nSPS) is 16.5. The second-order valence-corrected chi connectivity index (χ2v) is 6.35. The Hall–Kier alpha value is -1.65. The monoisotopic (exact) mass is 319 g/mol. The molecule has 3 rings (SSSR count). The Labute approximate surface area is 132 Å². The molecule has 3 nitrogen and oxygen atoms in total. The Bertz CT molecular complexity index is 690. The number of nitrogen functional groups attached to an aromatic ring is 1. The summed E-state index contributed by atoms with van der Waals surface area (Å²) in [5.74, 6) is 0.820. The summed E-state index contributed by atoms with van der Waals surface area (Å²) in [5, 5.41) is 0.367. The third-order valence-electron chi connectivity index (χ3n) is 3.45. The molecule has 21 heavy (non-hydrogen) atoms. The van der Waals surface area contributed by atoms with E-state index in [0.29, 0.717) is 22.9 Å². The average molecular weight is 320 g/mol. The van der Waals surface area contributed by atoms with E-state index in [9.17, 15) is 4.79 Å². The van der Waals surface area contributed by atoms with Crippen LogP contribution in [-0.4, -0.2) is 18.3 Å². The summed E-state index contributed by atoms with van der Waals surface area (Å²) in [6.07, 6.45) is 0. The van der Waals surface area contributed by atoms with E-state index in [4.69, 9.17) is 22.1 Å². The van der Waals surface area contributed by atoms with Gasteiger partial charge in [0.05, 0.1) is 22.9 Å². The molecule has 0 aromatic heterocycles. The molecule has 2 aromatic carbocycles. The van der Waals surface area contributed by atoms with Crippen LogP contribution in [0.3, 0.4) is 0 Å². The van der Waals surface area contributed by atoms with E-state index in [1.165, 1.54) is 16.5 Å². The second-order valence-electron chi connectivity index (χ2n) is 4.88. The van der Waals surface area contributed by atoms with E-state index in [2.05, 4.69) is 12.1 Å². The van der Waals surface area contributed by atoms with Crippen LogP contribution in [0.1, 0.15) is 21.8 Å². The number of carbonyl (C=O) groups is 1. The van der Waals surface area contributed by atoms with Gasteiger partial charge < -0.3 is 10.5 Å². The molecule has 0 bridgehead atoms. The van der Waals surface area contributed by atoms with E-state index in [0.717, 1.165) is 5.75 Å². The van der Waals surface area contributed by atoms with Crippen LogP contribution in [0, 0.1) is 0 Å². The number of ether oxygens (including phenoxy) is 1. The smallest absolute Gasteiger partial charge is 0.338 e. The van der Waals surface area contributed by atoms with Crippen molar-refractivity contribution in [1.82, 2.24) is 0 Å². The molecular formula is C16H14ClNO2S. The van der Waals surface area contributed by atoms with E-state index in [1.807, 2.05) is 12.1 Å². The largest absolute Gasteiger partial charge is 0.461 e. The van der Waals surface area contributed by atoms with Gasteiger partial charge >= 0.3 is 5.97 Å². The van der Waals surface area contributed by atoms with Gasteiger partial charge in [0.15, 0.2) is 0 Å². The zero-order chi connectivity index (χ0) is 14.8. The van der Waals surface area contributed by atoms with Crippen molar-refractivity contribution < 1.29 is 9.53 Å². The lowest BCUT2D eigenvalue weighted by atomic mass is 10.0. The molecule has 0 saturated heterocycles. The van der Waals surface area contributed by atoms with Crippen molar-refractivity contribution in [3.05, 3.63) is 58.6 Å². The summed E-state index contributed by atoms with van der Waals surface area (Å²) in [4.78, 5) is 13.3. The number of hydrogen-bond acceptors (Lipinski definition) is 4. The van der Waals surface area contributed by atoms with Crippen molar-refractivity contribution in [3.8, 4) is 0 Å². The Morgan fingerprint density at radius 1 is 1.33 bits per heavy atom. The minimum Gasteiger partial charge on any atom is -0.461 e. The number of rotatable bonds is 3.